The van der Waals surface area contributed by atoms with Gasteiger partial charge in [-0.3, -0.25) is 14.4 Å². The molecule has 1 saturated heterocycles. The second-order valence-corrected chi connectivity index (χ2v) is 7.39. The number of alkyl halides is 1. The number of Topliss-reactive ketones (excluding diaryl/α,β-unsaturated/α-hetero) is 1. The van der Waals surface area contributed by atoms with E-state index in [2.05, 4.69) is 20.6 Å². The van der Waals surface area contributed by atoms with Gasteiger partial charge in [0.05, 0.1) is 18.1 Å². The van der Waals surface area contributed by atoms with Crippen molar-refractivity contribution in [1.29, 1.82) is 0 Å². The van der Waals surface area contributed by atoms with Crippen LogP contribution in [0.15, 0.2) is 65.2 Å². The number of allylic oxidation sites excluding steroid dienone is 1. The minimum absolute atomic E-state index is 0.0963. The van der Waals surface area contributed by atoms with Crippen molar-refractivity contribution in [2.75, 3.05) is 32.9 Å². The lowest BCUT2D eigenvalue weighted by Crippen LogP contribution is -2.52. The predicted octanol–water partition coefficient (Wildman–Crippen LogP) is 0.875. The molecule has 10 nitrogen and oxygen atoms in total. The number of aliphatic imine (C=N–C) groups is 1. The molecule has 1 aromatic heterocycles. The summed E-state index contributed by atoms with van der Waals surface area (Å²) in [6.07, 6.45) is 5.64. The first kappa shape index (κ1) is 22.1. The standard InChI is InChI=1S/C22H22FN7O3/c23-6-7-24-20(30-9-8-26-27-30)18-14-17(15-25-18)19(31)22(33)29-12-10-28(11-13-29)21(32)16-4-2-1-3-5-16/h1-5,7-9,15,25H,6,10-14H2/b20-18-,24-7?. The molecule has 11 heteroatoms. The van der Waals surface area contributed by atoms with Crippen LogP contribution in [0.3, 0.4) is 0 Å². The SMILES string of the molecule is O=C(C(=O)N1CCN(C(=O)c2ccccc2)CC1)C1=CN/C(=C(/N=CCF)n2ccnn2)C1. The highest BCUT2D eigenvalue weighted by atomic mass is 19.1. The normalized spacial score (nSPS) is 17.7. The molecule has 1 aromatic carbocycles. The number of hydrogen-bond donors (Lipinski definition) is 1. The van der Waals surface area contributed by atoms with Gasteiger partial charge in [-0.05, 0) is 12.1 Å². The van der Waals surface area contributed by atoms with E-state index in [-0.39, 0.29) is 36.8 Å². The molecule has 2 aliphatic heterocycles. The Bertz CT molecular complexity index is 1120. The van der Waals surface area contributed by atoms with Crippen LogP contribution in [-0.2, 0) is 9.59 Å². The van der Waals surface area contributed by atoms with E-state index in [0.717, 1.165) is 6.21 Å². The quantitative estimate of drug-likeness (QED) is 0.515. The first-order valence-corrected chi connectivity index (χ1v) is 10.4. The van der Waals surface area contributed by atoms with Gasteiger partial charge in [0.1, 0.15) is 6.67 Å². The predicted molar refractivity (Wildman–Crippen MR) is 117 cm³/mol. The van der Waals surface area contributed by atoms with Gasteiger partial charge in [0.2, 0.25) is 5.78 Å². The fraction of sp³-hybridized carbons (Fsp3) is 0.273. The number of nitrogens with zero attached hydrogens (tertiary/aromatic N) is 6. The van der Waals surface area contributed by atoms with Crippen LogP contribution >= 0.6 is 0 Å². The van der Waals surface area contributed by atoms with E-state index in [1.54, 1.807) is 35.4 Å². The van der Waals surface area contributed by atoms with Gasteiger partial charge in [-0.1, -0.05) is 23.4 Å². The summed E-state index contributed by atoms with van der Waals surface area (Å²) in [4.78, 5) is 45.4. The lowest BCUT2D eigenvalue weighted by atomic mass is 10.1. The zero-order chi connectivity index (χ0) is 23.2. The second-order valence-electron chi connectivity index (χ2n) is 7.39. The van der Waals surface area contributed by atoms with Crippen molar-refractivity contribution in [1.82, 2.24) is 30.1 Å². The summed E-state index contributed by atoms with van der Waals surface area (Å²) in [5.41, 5.74) is 1.36. The van der Waals surface area contributed by atoms with Crippen LogP contribution in [0.25, 0.3) is 5.82 Å². The fourth-order valence-electron chi connectivity index (χ4n) is 3.63. The lowest BCUT2D eigenvalue weighted by molar-refractivity contribution is -0.143. The lowest BCUT2D eigenvalue weighted by Gasteiger charge is -2.34. The summed E-state index contributed by atoms with van der Waals surface area (Å²) < 4.78 is 13.9. The molecule has 2 aromatic rings. The third kappa shape index (κ3) is 4.86. The topological polar surface area (TPSA) is 113 Å². The molecule has 1 fully saturated rings. The largest absolute Gasteiger partial charge is 0.361 e. The Labute approximate surface area is 189 Å². The molecule has 1 N–H and O–H groups in total. The molecule has 2 amide bonds. The molecule has 0 unspecified atom stereocenters. The Hall–Kier alpha value is -4.15. The highest BCUT2D eigenvalue weighted by molar-refractivity contribution is 6.42. The number of piperazine rings is 1. The second kappa shape index (κ2) is 9.98. The maximum Gasteiger partial charge on any atom is 0.294 e. The van der Waals surface area contributed by atoms with Crippen LogP contribution in [-0.4, -0.2) is 81.5 Å². The minimum atomic E-state index is -0.762. The van der Waals surface area contributed by atoms with Crippen LogP contribution in [0.4, 0.5) is 4.39 Å². The van der Waals surface area contributed by atoms with E-state index >= 15 is 0 Å². The highest BCUT2D eigenvalue weighted by Gasteiger charge is 2.32. The molecule has 3 heterocycles. The molecular weight excluding hydrogens is 429 g/mol. The zero-order valence-electron chi connectivity index (χ0n) is 17.7. The summed E-state index contributed by atoms with van der Waals surface area (Å²) in [7, 11) is 0. The fourth-order valence-corrected chi connectivity index (χ4v) is 3.63. The number of hydrogen-bond acceptors (Lipinski definition) is 7. The van der Waals surface area contributed by atoms with Crippen molar-refractivity contribution >= 4 is 29.6 Å². The number of rotatable bonds is 6. The van der Waals surface area contributed by atoms with Crippen molar-refractivity contribution in [3.63, 3.8) is 0 Å². The summed E-state index contributed by atoms with van der Waals surface area (Å²) in [5, 5.41) is 10.5. The van der Waals surface area contributed by atoms with Crippen molar-refractivity contribution < 1.29 is 18.8 Å². The summed E-state index contributed by atoms with van der Waals surface area (Å²) in [5.74, 6) is -1.07. The molecule has 0 saturated carbocycles. The van der Waals surface area contributed by atoms with Crippen LogP contribution < -0.4 is 5.32 Å². The van der Waals surface area contributed by atoms with Crippen LogP contribution in [0.2, 0.25) is 0 Å². The number of ketones is 1. The zero-order valence-corrected chi connectivity index (χ0v) is 17.7. The van der Waals surface area contributed by atoms with Crippen LogP contribution in [0, 0.1) is 0 Å². The van der Waals surface area contributed by atoms with E-state index in [9.17, 15) is 18.8 Å². The van der Waals surface area contributed by atoms with Gasteiger partial charge in [0, 0.05) is 56.2 Å². The molecule has 0 radical (unpaired) electrons. The van der Waals surface area contributed by atoms with E-state index in [4.69, 9.17) is 0 Å². The number of amides is 2. The number of aromatic nitrogens is 3. The molecule has 0 atom stereocenters. The number of carbonyl (C=O) groups excluding carboxylic acids is 3. The number of carbonyl (C=O) groups is 3. The molecule has 33 heavy (non-hydrogen) atoms. The third-order valence-electron chi connectivity index (χ3n) is 5.34. The Morgan fingerprint density at radius 3 is 2.48 bits per heavy atom. The molecule has 4 rings (SSSR count). The summed E-state index contributed by atoms with van der Waals surface area (Å²) >= 11 is 0. The van der Waals surface area contributed by atoms with Gasteiger partial charge in [-0.15, -0.1) is 5.10 Å². The summed E-state index contributed by atoms with van der Waals surface area (Å²) in [6, 6.07) is 8.94. The van der Waals surface area contributed by atoms with Crippen molar-refractivity contribution in [3.8, 4) is 0 Å². The van der Waals surface area contributed by atoms with E-state index in [1.165, 1.54) is 22.0 Å². The molecule has 0 spiro atoms. The Balaban J connectivity index is 1.38. The smallest absolute Gasteiger partial charge is 0.294 e. The van der Waals surface area contributed by atoms with Gasteiger partial charge in [0.15, 0.2) is 5.82 Å². The third-order valence-corrected chi connectivity index (χ3v) is 5.34. The van der Waals surface area contributed by atoms with Gasteiger partial charge < -0.3 is 15.1 Å². The first-order valence-electron chi connectivity index (χ1n) is 10.4. The number of benzene rings is 1. The van der Waals surface area contributed by atoms with Gasteiger partial charge in [0.25, 0.3) is 11.8 Å². The molecular formula is C22H22FN7O3. The Kier molecular flexibility index (Phi) is 6.67. The first-order chi connectivity index (χ1) is 16.1. The molecule has 170 valence electrons. The van der Waals surface area contributed by atoms with Gasteiger partial charge >= 0.3 is 0 Å². The van der Waals surface area contributed by atoms with Crippen molar-refractivity contribution in [2.24, 2.45) is 4.99 Å². The monoisotopic (exact) mass is 451 g/mol. The number of nitrogens with one attached hydrogen (secondary N) is 1. The molecule has 2 aliphatic rings. The van der Waals surface area contributed by atoms with E-state index in [1.807, 2.05) is 6.07 Å². The van der Waals surface area contributed by atoms with Gasteiger partial charge in [-0.25, -0.2) is 14.1 Å². The van der Waals surface area contributed by atoms with Gasteiger partial charge in [-0.2, -0.15) is 0 Å². The van der Waals surface area contributed by atoms with Crippen LogP contribution in [0.1, 0.15) is 16.8 Å². The van der Waals surface area contributed by atoms with Crippen LogP contribution in [0.5, 0.6) is 0 Å². The molecule has 0 aliphatic carbocycles. The Morgan fingerprint density at radius 1 is 1.09 bits per heavy atom. The Morgan fingerprint density at radius 2 is 1.82 bits per heavy atom. The minimum Gasteiger partial charge on any atom is -0.361 e. The average Bonchev–Trinajstić information content (AvgIpc) is 3.57. The van der Waals surface area contributed by atoms with E-state index < -0.39 is 18.4 Å². The molecule has 0 bridgehead atoms. The van der Waals surface area contributed by atoms with E-state index in [0.29, 0.717) is 24.4 Å². The maximum absolute atomic E-state index is 12.8. The summed E-state index contributed by atoms with van der Waals surface area (Å²) in [6.45, 7) is 0.490. The average molecular weight is 451 g/mol. The van der Waals surface area contributed by atoms with Crippen molar-refractivity contribution in [3.05, 3.63) is 65.8 Å². The van der Waals surface area contributed by atoms with Crippen molar-refractivity contribution in [2.45, 2.75) is 6.42 Å². The maximum atomic E-state index is 12.8. The highest BCUT2D eigenvalue weighted by Crippen LogP contribution is 2.23. The number of halogens is 1.